The molecule has 0 unspecified atom stereocenters. The average Bonchev–Trinajstić information content (AvgIpc) is 3.02. The first-order valence-corrected chi connectivity index (χ1v) is 30.3. The van der Waals surface area contributed by atoms with Gasteiger partial charge in [-0.15, -0.1) is 0 Å². The minimum absolute atomic E-state index is 0.252. The van der Waals surface area contributed by atoms with Crippen LogP contribution in [0, 0.1) is 27.7 Å². The van der Waals surface area contributed by atoms with E-state index in [1.807, 2.05) is 0 Å². The molecule has 0 saturated heterocycles. The Labute approximate surface area is 504 Å². The molecular formula is C73H80N12. The molecular weight excluding hydrogens is 1040 g/mol. The number of hydrogen-bond donors (Lipinski definition) is 0. The summed E-state index contributed by atoms with van der Waals surface area (Å²) in [6, 6.07) is 16.0. The highest BCUT2D eigenvalue weighted by atomic mass is 15.4. The quantitative estimate of drug-likeness (QED) is 0.226. The molecule has 3 aromatic rings. The maximum absolute atomic E-state index is 2.42. The van der Waals surface area contributed by atoms with E-state index in [1.54, 1.807) is 0 Å². The highest BCUT2D eigenvalue weighted by molar-refractivity contribution is 5.76. The lowest BCUT2D eigenvalue weighted by atomic mass is 9.97. The van der Waals surface area contributed by atoms with Crippen LogP contribution in [0.2, 0.25) is 0 Å². The Hall–Kier alpha value is -9.42. The van der Waals surface area contributed by atoms with Crippen molar-refractivity contribution in [3.63, 3.8) is 0 Å². The van der Waals surface area contributed by atoms with Crippen LogP contribution in [0.3, 0.4) is 0 Å². The molecule has 0 aromatic heterocycles. The van der Waals surface area contributed by atoms with Crippen molar-refractivity contribution in [2.24, 2.45) is 0 Å². The highest BCUT2D eigenvalue weighted by Gasteiger charge is 2.37. The number of aryl methyl sites for hydroxylation is 1. The van der Waals surface area contributed by atoms with Crippen molar-refractivity contribution in [1.29, 1.82) is 0 Å². The normalized spacial score (nSPS) is 24.6. The lowest BCUT2D eigenvalue weighted by molar-refractivity contribution is 0.401. The predicted molar refractivity (Wildman–Crippen MR) is 353 cm³/mol. The Bertz CT molecular complexity index is 3570. The van der Waals surface area contributed by atoms with E-state index < -0.39 is 0 Å². The van der Waals surface area contributed by atoms with Crippen LogP contribution in [0.5, 0.6) is 0 Å². The van der Waals surface area contributed by atoms with Gasteiger partial charge in [-0.05, 0) is 212 Å². The second-order valence-electron chi connectivity index (χ2n) is 23.9. The maximum Gasteiger partial charge on any atom is 0.107 e. The molecule has 0 saturated carbocycles. The van der Waals surface area contributed by atoms with Gasteiger partial charge in [0.05, 0.1) is 34.2 Å². The molecule has 0 radical (unpaired) electrons. The molecule has 12 heterocycles. The van der Waals surface area contributed by atoms with Gasteiger partial charge in [-0.2, -0.15) is 0 Å². The van der Waals surface area contributed by atoms with Gasteiger partial charge < -0.3 is 58.8 Å². The second-order valence-corrected chi connectivity index (χ2v) is 23.9. The van der Waals surface area contributed by atoms with E-state index in [1.165, 1.54) is 96.1 Å². The van der Waals surface area contributed by atoms with Gasteiger partial charge in [0, 0.05) is 109 Å². The van der Waals surface area contributed by atoms with E-state index in [4.69, 9.17) is 0 Å². The molecule has 3 aromatic carbocycles. The summed E-state index contributed by atoms with van der Waals surface area (Å²) in [5, 5.41) is 0. The monoisotopic (exact) mass is 1120 g/mol. The van der Waals surface area contributed by atoms with E-state index in [9.17, 15) is 0 Å². The van der Waals surface area contributed by atoms with Crippen LogP contribution in [-0.2, 0) is 0 Å². The van der Waals surface area contributed by atoms with Crippen LogP contribution < -0.4 is 29.4 Å². The molecule has 0 aliphatic carbocycles. The first kappa shape index (κ1) is 54.8. The first-order chi connectivity index (χ1) is 41.1. The van der Waals surface area contributed by atoms with Gasteiger partial charge in [-0.25, -0.2) is 0 Å². The topological polar surface area (TPSA) is 38.9 Å². The SMILES string of the molecule is Cc1c(N2C=C3C=CC=CN3[C@H]2C)cc(C(C)C)cc1N1C=C2C=CC=CN2[C@@H]1C.Cc1c(N2C=C3C=CC=CN3[C@H]2C)cccc1N1C=C2C=CC=CN2[C@@H]1C.Cc1cc(N2C=C3C=CC=CN3[C@H]2C)c(C)c(N2C=C3C=CC=CN3[C@@H]2C)c1. The molecule has 0 N–H and O–H groups in total. The number of hydrogen-bond acceptors (Lipinski definition) is 12. The summed E-state index contributed by atoms with van der Waals surface area (Å²) < 4.78 is 0. The number of fused-ring (bicyclic) bond motifs is 6. The van der Waals surface area contributed by atoms with Crippen LogP contribution in [0.25, 0.3) is 0 Å². The third kappa shape index (κ3) is 9.57. The summed E-state index contributed by atoms with van der Waals surface area (Å²) in [5.41, 5.74) is 21.6. The minimum Gasteiger partial charge on any atom is -0.326 e. The van der Waals surface area contributed by atoms with Gasteiger partial charge in [0.1, 0.15) is 37.0 Å². The molecule has 15 rings (SSSR count). The Morgan fingerprint density at radius 2 is 0.506 bits per heavy atom. The Balaban J connectivity index is 0.000000119. The summed E-state index contributed by atoms with van der Waals surface area (Å²) in [4.78, 5) is 28.3. The fraction of sp³-hybridized carbons (Fsp3) is 0.260. The van der Waals surface area contributed by atoms with E-state index >= 15 is 0 Å². The largest absolute Gasteiger partial charge is 0.326 e. The Kier molecular flexibility index (Phi) is 14.2. The molecule has 6 atom stereocenters. The third-order valence-electron chi connectivity index (χ3n) is 18.5. The molecule has 12 aliphatic heterocycles. The van der Waals surface area contributed by atoms with E-state index in [2.05, 4.69) is 368 Å². The molecule has 0 amide bonds. The summed E-state index contributed by atoms with van der Waals surface area (Å²) in [6.07, 6.45) is 66.3. The molecule has 85 heavy (non-hydrogen) atoms. The molecule has 0 bridgehead atoms. The Morgan fingerprint density at radius 1 is 0.282 bits per heavy atom. The van der Waals surface area contributed by atoms with Crippen molar-refractivity contribution in [2.45, 2.75) is 126 Å². The standard InChI is InChI=1S/C26H30N4.C24H26N4.C23H24N4/c1-18(2)22-14-25(29-16-23-10-6-8-12-27(23)20(29)4)19(3)26(15-22)30-17-24-11-7-9-13-28(24)21(30)5;1-17-13-23(27-15-21-9-5-7-11-25(21)19(27)3)18(2)24(14-17)28-16-22-10-6-8-12-26(22)20(28)4;1-17-22(26-15-20-9-4-6-13-24(20)18(26)2)11-8-12-23(17)27-16-21-10-5-7-14-25(21)19(27)3/h6-18,20-21H,1-5H3;5-16,19-20H,1-4H3;4-16,18-19H,1-3H3/t20-,21+;19-,20+;18-,19+. The number of benzene rings is 3. The fourth-order valence-electron chi connectivity index (χ4n) is 13.5. The fourth-order valence-corrected chi connectivity index (χ4v) is 13.5. The van der Waals surface area contributed by atoms with Gasteiger partial charge in [-0.1, -0.05) is 56.4 Å². The number of anilines is 6. The van der Waals surface area contributed by atoms with Gasteiger partial charge >= 0.3 is 0 Å². The molecule has 0 fully saturated rings. The maximum atomic E-state index is 2.42. The van der Waals surface area contributed by atoms with Gasteiger partial charge in [-0.3, -0.25) is 0 Å². The molecule has 12 nitrogen and oxygen atoms in total. The lowest BCUT2D eigenvalue weighted by Gasteiger charge is -2.34. The van der Waals surface area contributed by atoms with Crippen LogP contribution in [0.1, 0.15) is 89.1 Å². The zero-order valence-corrected chi connectivity index (χ0v) is 51.3. The van der Waals surface area contributed by atoms with Crippen molar-refractivity contribution < 1.29 is 0 Å². The smallest absolute Gasteiger partial charge is 0.107 e. The van der Waals surface area contributed by atoms with Gasteiger partial charge in [0.2, 0.25) is 0 Å². The van der Waals surface area contributed by atoms with E-state index in [0.717, 1.165) is 0 Å². The third-order valence-corrected chi connectivity index (χ3v) is 18.5. The summed E-state index contributed by atoms with van der Waals surface area (Å²) in [5.74, 6) is 0.462. The molecule has 0 spiro atoms. The predicted octanol–water partition coefficient (Wildman–Crippen LogP) is 15.8. The van der Waals surface area contributed by atoms with Gasteiger partial charge in [0.15, 0.2) is 0 Å². The summed E-state index contributed by atoms with van der Waals surface area (Å²) in [6.45, 7) is 27.0. The van der Waals surface area contributed by atoms with Crippen molar-refractivity contribution in [1.82, 2.24) is 29.4 Å². The summed E-state index contributed by atoms with van der Waals surface area (Å²) >= 11 is 0. The lowest BCUT2D eigenvalue weighted by Crippen LogP contribution is -2.36. The van der Waals surface area contributed by atoms with E-state index in [0.29, 0.717) is 5.92 Å². The first-order valence-electron chi connectivity index (χ1n) is 30.3. The van der Waals surface area contributed by atoms with Crippen LogP contribution in [0.15, 0.2) is 260 Å². The number of rotatable bonds is 7. The van der Waals surface area contributed by atoms with Crippen molar-refractivity contribution in [2.75, 3.05) is 29.4 Å². The van der Waals surface area contributed by atoms with Crippen molar-refractivity contribution in [3.8, 4) is 0 Å². The highest BCUT2D eigenvalue weighted by Crippen LogP contribution is 2.45. The average molecular weight is 1130 g/mol. The van der Waals surface area contributed by atoms with Crippen molar-refractivity contribution >= 4 is 34.1 Å². The number of allylic oxidation sites excluding steroid dienone is 18. The van der Waals surface area contributed by atoms with Gasteiger partial charge in [0.25, 0.3) is 0 Å². The zero-order valence-electron chi connectivity index (χ0n) is 51.3. The zero-order chi connectivity index (χ0) is 58.9. The van der Waals surface area contributed by atoms with Crippen LogP contribution in [-0.4, -0.2) is 66.4 Å². The molecule has 12 heteroatoms. The van der Waals surface area contributed by atoms with Crippen molar-refractivity contribution in [3.05, 3.63) is 288 Å². The van der Waals surface area contributed by atoms with Crippen LogP contribution in [0.4, 0.5) is 34.1 Å². The van der Waals surface area contributed by atoms with Crippen LogP contribution >= 0.6 is 0 Å². The Morgan fingerprint density at radius 3 is 0.741 bits per heavy atom. The van der Waals surface area contributed by atoms with E-state index in [-0.39, 0.29) is 37.0 Å². The molecule has 12 aliphatic rings. The summed E-state index contributed by atoms with van der Waals surface area (Å²) in [7, 11) is 0. The number of nitrogens with zero attached hydrogens (tertiary/aromatic N) is 12. The second kappa shape index (κ2) is 22.0. The molecule has 432 valence electrons. The minimum atomic E-state index is 0.252.